The Labute approximate surface area is 159 Å². The van der Waals surface area contributed by atoms with Crippen LogP contribution in [0.2, 0.25) is 5.02 Å². The Kier molecular flexibility index (Phi) is 4.92. The zero-order valence-electron chi connectivity index (χ0n) is 14.6. The van der Waals surface area contributed by atoms with Crippen LogP contribution in [0.1, 0.15) is 39.0 Å². The van der Waals surface area contributed by atoms with Crippen LogP contribution in [0.5, 0.6) is 0 Å². The minimum absolute atomic E-state index is 0.603. The molecule has 2 fully saturated rings. The van der Waals surface area contributed by atoms with Crippen molar-refractivity contribution in [2.75, 3.05) is 18.0 Å². The van der Waals surface area contributed by atoms with Crippen molar-refractivity contribution in [1.29, 1.82) is 0 Å². The molecule has 4 rings (SSSR count). The lowest BCUT2D eigenvalue weighted by molar-refractivity contribution is 0.161. The van der Waals surface area contributed by atoms with E-state index in [1.807, 2.05) is 36.7 Å². The average molecular weight is 374 g/mol. The van der Waals surface area contributed by atoms with Crippen molar-refractivity contribution in [2.24, 2.45) is 11.3 Å². The third-order valence-corrected chi connectivity index (χ3v) is 7.22. The number of hydrogen-bond donors (Lipinski definition) is 0. The lowest BCUT2D eigenvalue weighted by atomic mass is 9.71. The highest BCUT2D eigenvalue weighted by Gasteiger charge is 2.42. The van der Waals surface area contributed by atoms with Crippen LogP contribution in [0.15, 0.2) is 46.6 Å². The van der Waals surface area contributed by atoms with Crippen molar-refractivity contribution >= 4 is 29.2 Å². The topological polar surface area (TPSA) is 29.0 Å². The zero-order chi connectivity index (χ0) is 17.3. The number of aromatic nitrogens is 2. The van der Waals surface area contributed by atoms with Gasteiger partial charge in [-0.15, -0.1) is 0 Å². The third-order valence-electron chi connectivity index (χ3n) is 6.07. The molecule has 2 aromatic rings. The maximum Gasteiger partial charge on any atom is 0.147 e. The molecule has 0 radical (unpaired) electrons. The SMILES string of the molecule is C[C@@H]1CCCC12CCN(c1cnc(Sc3cccc(Cl)c3)cn1)CC2. The fourth-order valence-corrected chi connectivity index (χ4v) is 5.45. The minimum Gasteiger partial charge on any atom is -0.355 e. The molecule has 3 nitrogen and oxygen atoms in total. The summed E-state index contributed by atoms with van der Waals surface area (Å²) in [6, 6.07) is 7.84. The van der Waals surface area contributed by atoms with Crippen LogP contribution >= 0.6 is 23.4 Å². The van der Waals surface area contributed by atoms with E-state index in [4.69, 9.17) is 11.6 Å². The van der Waals surface area contributed by atoms with E-state index in [2.05, 4.69) is 21.8 Å². The molecule has 1 atom stereocenters. The van der Waals surface area contributed by atoms with Crippen LogP contribution in [0.3, 0.4) is 0 Å². The smallest absolute Gasteiger partial charge is 0.147 e. The summed E-state index contributed by atoms with van der Waals surface area (Å²) in [6.07, 6.45) is 10.6. The Hall–Kier alpha value is -1.26. The second kappa shape index (κ2) is 7.16. The van der Waals surface area contributed by atoms with E-state index in [0.717, 1.165) is 39.8 Å². The van der Waals surface area contributed by atoms with Crippen molar-refractivity contribution < 1.29 is 0 Å². The van der Waals surface area contributed by atoms with E-state index in [0.29, 0.717) is 5.41 Å². The molecule has 1 aliphatic carbocycles. The summed E-state index contributed by atoms with van der Waals surface area (Å²) in [6.45, 7) is 4.67. The number of rotatable bonds is 3. The number of hydrogen-bond acceptors (Lipinski definition) is 4. The van der Waals surface area contributed by atoms with Gasteiger partial charge >= 0.3 is 0 Å². The molecule has 1 spiro atoms. The molecule has 0 N–H and O–H groups in total. The van der Waals surface area contributed by atoms with Crippen LogP contribution in [0.4, 0.5) is 5.82 Å². The highest BCUT2D eigenvalue weighted by atomic mass is 35.5. The summed E-state index contributed by atoms with van der Waals surface area (Å²) < 4.78 is 0. The van der Waals surface area contributed by atoms with E-state index in [9.17, 15) is 0 Å². The first-order valence-electron chi connectivity index (χ1n) is 9.15. The fraction of sp³-hybridized carbons (Fsp3) is 0.500. The summed E-state index contributed by atoms with van der Waals surface area (Å²) in [4.78, 5) is 12.8. The maximum atomic E-state index is 6.04. The summed E-state index contributed by atoms with van der Waals surface area (Å²) in [7, 11) is 0. The minimum atomic E-state index is 0.603. The van der Waals surface area contributed by atoms with Crippen molar-refractivity contribution in [2.45, 2.75) is 48.9 Å². The molecule has 132 valence electrons. The molecule has 0 unspecified atom stereocenters. The average Bonchev–Trinajstić information content (AvgIpc) is 2.97. The summed E-state index contributed by atoms with van der Waals surface area (Å²) in [5.74, 6) is 1.90. The molecule has 0 bridgehead atoms. The van der Waals surface area contributed by atoms with Gasteiger partial charge in [0.2, 0.25) is 0 Å². The fourth-order valence-electron chi connectivity index (χ4n) is 4.41. The zero-order valence-corrected chi connectivity index (χ0v) is 16.2. The lowest BCUT2D eigenvalue weighted by Crippen LogP contribution is -2.41. The number of halogens is 1. The normalized spacial score (nSPS) is 22.5. The molecular formula is C20H24ClN3S. The number of anilines is 1. The lowest BCUT2D eigenvalue weighted by Gasteiger charge is -2.42. The van der Waals surface area contributed by atoms with Crippen LogP contribution in [-0.4, -0.2) is 23.1 Å². The van der Waals surface area contributed by atoms with Crippen molar-refractivity contribution in [3.63, 3.8) is 0 Å². The summed E-state index contributed by atoms with van der Waals surface area (Å²) in [5, 5.41) is 1.65. The van der Waals surface area contributed by atoms with Gasteiger partial charge in [0.25, 0.3) is 0 Å². The van der Waals surface area contributed by atoms with Gasteiger partial charge in [-0.2, -0.15) is 0 Å². The number of nitrogens with zero attached hydrogens (tertiary/aromatic N) is 3. The maximum absolute atomic E-state index is 6.04. The van der Waals surface area contributed by atoms with Crippen molar-refractivity contribution in [1.82, 2.24) is 9.97 Å². The molecule has 5 heteroatoms. The highest BCUT2D eigenvalue weighted by molar-refractivity contribution is 7.99. The predicted octanol–water partition coefficient (Wildman–Crippen LogP) is 5.69. The van der Waals surface area contributed by atoms with Crippen LogP contribution in [-0.2, 0) is 0 Å². The van der Waals surface area contributed by atoms with Gasteiger partial charge in [0, 0.05) is 23.0 Å². The van der Waals surface area contributed by atoms with Gasteiger partial charge in [0.1, 0.15) is 10.8 Å². The van der Waals surface area contributed by atoms with E-state index < -0.39 is 0 Å². The van der Waals surface area contributed by atoms with Crippen LogP contribution in [0, 0.1) is 11.3 Å². The Balaban J connectivity index is 1.39. The summed E-state index contributed by atoms with van der Waals surface area (Å²) >= 11 is 7.64. The third kappa shape index (κ3) is 3.65. The molecule has 1 aromatic heterocycles. The Morgan fingerprint density at radius 2 is 2.00 bits per heavy atom. The van der Waals surface area contributed by atoms with Crippen LogP contribution < -0.4 is 4.90 Å². The van der Waals surface area contributed by atoms with Gasteiger partial charge in [-0.1, -0.05) is 49.2 Å². The Bertz CT molecular complexity index is 726. The first-order valence-corrected chi connectivity index (χ1v) is 10.3. The molecular weight excluding hydrogens is 350 g/mol. The first kappa shape index (κ1) is 17.2. The van der Waals surface area contributed by atoms with Gasteiger partial charge in [-0.3, -0.25) is 0 Å². The van der Waals surface area contributed by atoms with Gasteiger partial charge < -0.3 is 4.90 Å². The van der Waals surface area contributed by atoms with Crippen molar-refractivity contribution in [3.05, 3.63) is 41.7 Å². The molecule has 1 aliphatic heterocycles. The van der Waals surface area contributed by atoms with E-state index in [1.165, 1.54) is 32.1 Å². The van der Waals surface area contributed by atoms with Crippen molar-refractivity contribution in [3.8, 4) is 0 Å². The molecule has 1 saturated heterocycles. The summed E-state index contributed by atoms with van der Waals surface area (Å²) in [5.41, 5.74) is 0.603. The predicted molar refractivity (Wildman–Crippen MR) is 105 cm³/mol. The Morgan fingerprint density at radius 1 is 1.16 bits per heavy atom. The van der Waals surface area contributed by atoms with Gasteiger partial charge in [0.05, 0.1) is 12.4 Å². The molecule has 1 saturated carbocycles. The molecule has 2 heterocycles. The molecule has 0 amide bonds. The largest absolute Gasteiger partial charge is 0.355 e. The highest BCUT2D eigenvalue weighted by Crippen LogP contribution is 2.50. The first-order chi connectivity index (χ1) is 12.1. The van der Waals surface area contributed by atoms with E-state index in [-0.39, 0.29) is 0 Å². The quantitative estimate of drug-likeness (QED) is 0.691. The molecule has 2 aliphatic rings. The molecule has 1 aromatic carbocycles. The number of benzene rings is 1. The second-order valence-electron chi connectivity index (χ2n) is 7.41. The Morgan fingerprint density at radius 3 is 2.64 bits per heavy atom. The molecule has 25 heavy (non-hydrogen) atoms. The van der Waals surface area contributed by atoms with Gasteiger partial charge in [-0.25, -0.2) is 9.97 Å². The van der Waals surface area contributed by atoms with E-state index >= 15 is 0 Å². The standard InChI is InChI=1S/C20H24ClN3S/c1-15-4-3-7-20(15)8-10-24(11-9-20)18-13-23-19(14-22-18)25-17-6-2-5-16(21)12-17/h2,5-6,12-15H,3-4,7-11H2,1H3/t15-/m1/s1. The van der Waals surface area contributed by atoms with Gasteiger partial charge in [-0.05, 0) is 48.8 Å². The second-order valence-corrected chi connectivity index (χ2v) is 8.95. The van der Waals surface area contributed by atoms with Crippen LogP contribution in [0.25, 0.3) is 0 Å². The van der Waals surface area contributed by atoms with Gasteiger partial charge in [0.15, 0.2) is 0 Å². The monoisotopic (exact) mass is 373 g/mol. The van der Waals surface area contributed by atoms with E-state index in [1.54, 1.807) is 11.8 Å². The number of piperidine rings is 1.